The lowest BCUT2D eigenvalue weighted by Gasteiger charge is -2.19. The van der Waals surface area contributed by atoms with Crippen LogP contribution >= 0.6 is 11.3 Å². The molecule has 0 spiro atoms. The van der Waals surface area contributed by atoms with E-state index < -0.39 is 24.0 Å². The van der Waals surface area contributed by atoms with Gasteiger partial charge < -0.3 is 34.9 Å². The van der Waals surface area contributed by atoms with Gasteiger partial charge in [-0.2, -0.15) is 0 Å². The zero-order valence-corrected chi connectivity index (χ0v) is 25.8. The number of nitrogens with zero attached hydrogens (tertiary/aromatic N) is 1. The van der Waals surface area contributed by atoms with E-state index in [0.717, 1.165) is 22.5 Å². The minimum absolute atomic E-state index is 0.125. The Morgan fingerprint density at radius 3 is 2.40 bits per heavy atom. The monoisotopic (exact) mass is 610 g/mol. The van der Waals surface area contributed by atoms with Crippen LogP contribution < -0.4 is 35.6 Å². The minimum Gasteiger partial charge on any atom is -0.493 e. The van der Waals surface area contributed by atoms with E-state index >= 15 is 0 Å². The molecule has 0 saturated heterocycles. The molecule has 12 nitrogen and oxygen atoms in total. The van der Waals surface area contributed by atoms with Crippen molar-refractivity contribution in [2.24, 2.45) is 0 Å². The molecule has 2 aromatic carbocycles. The number of esters is 1. The number of hydrogen-bond acceptors (Lipinski definition) is 11. The molecule has 0 unspecified atom stereocenters. The molecule has 0 aliphatic heterocycles. The Labute approximate surface area is 252 Å². The van der Waals surface area contributed by atoms with Crippen LogP contribution in [-0.2, 0) is 20.7 Å². The number of anilines is 2. The predicted molar refractivity (Wildman–Crippen MR) is 163 cm³/mol. The van der Waals surface area contributed by atoms with Crippen molar-refractivity contribution in [2.75, 3.05) is 39.1 Å². The molecule has 2 amide bonds. The predicted octanol–water partition coefficient (Wildman–Crippen LogP) is 3.85. The zero-order valence-electron chi connectivity index (χ0n) is 25.0. The summed E-state index contributed by atoms with van der Waals surface area (Å²) in [6, 6.07) is 5.40. The lowest BCUT2D eigenvalue weighted by Crippen LogP contribution is -2.33. The van der Waals surface area contributed by atoms with Crippen LogP contribution in [0, 0.1) is 6.92 Å². The Morgan fingerprint density at radius 1 is 1.05 bits per heavy atom. The van der Waals surface area contributed by atoms with Gasteiger partial charge in [0.1, 0.15) is 6.04 Å². The molecule has 1 heterocycles. The number of amides is 2. The van der Waals surface area contributed by atoms with Crippen LogP contribution in [0.25, 0.3) is 11.1 Å². The van der Waals surface area contributed by atoms with Gasteiger partial charge in [-0.25, -0.2) is 9.78 Å². The highest BCUT2D eigenvalue weighted by molar-refractivity contribution is 7.16. The van der Waals surface area contributed by atoms with Crippen molar-refractivity contribution in [3.05, 3.63) is 56.2 Å². The molecule has 1 aromatic heterocycles. The van der Waals surface area contributed by atoms with E-state index in [9.17, 15) is 19.2 Å². The van der Waals surface area contributed by atoms with E-state index in [2.05, 4.69) is 20.9 Å². The lowest BCUT2D eigenvalue weighted by atomic mass is 9.95. The summed E-state index contributed by atoms with van der Waals surface area (Å²) >= 11 is 1.14. The first-order valence-electron chi connectivity index (χ1n) is 13.4. The number of nitrogens with one attached hydrogen (secondary N) is 3. The second kappa shape index (κ2) is 13.1. The van der Waals surface area contributed by atoms with Gasteiger partial charge in [-0.05, 0) is 61.6 Å². The number of carbonyl (C=O) groups is 3. The van der Waals surface area contributed by atoms with Crippen LogP contribution in [0.2, 0.25) is 0 Å². The number of rotatable bonds is 9. The summed E-state index contributed by atoms with van der Waals surface area (Å²) in [5.74, 6) is 0.0427. The molecule has 1 aliphatic rings. The number of fused-ring (bicyclic) bond motifs is 3. The average Bonchev–Trinajstić information content (AvgIpc) is 3.19. The maximum Gasteiger partial charge on any atom is 0.357 e. The number of carbonyl (C=O) groups excluding carboxylic acids is 3. The fourth-order valence-electron chi connectivity index (χ4n) is 5.08. The summed E-state index contributed by atoms with van der Waals surface area (Å²) in [6.07, 6.45) is 1.09. The summed E-state index contributed by atoms with van der Waals surface area (Å²) in [7, 11) is 5.84. The Balaban J connectivity index is 1.75. The number of thiazole rings is 1. The molecule has 43 heavy (non-hydrogen) atoms. The summed E-state index contributed by atoms with van der Waals surface area (Å²) in [4.78, 5) is 55.4. The molecular weight excluding hydrogens is 576 g/mol. The average molecular weight is 611 g/mol. The summed E-state index contributed by atoms with van der Waals surface area (Å²) in [5, 5.41) is 8.87. The third kappa shape index (κ3) is 6.41. The van der Waals surface area contributed by atoms with E-state index in [1.807, 2.05) is 6.07 Å². The second-order valence-electron chi connectivity index (χ2n) is 9.87. The van der Waals surface area contributed by atoms with Gasteiger partial charge in [0.2, 0.25) is 23.0 Å². The molecule has 3 aromatic rings. The molecular formula is C30H34N4O8S. The van der Waals surface area contributed by atoms with Gasteiger partial charge in [-0.3, -0.25) is 14.4 Å². The SMILES string of the molecule is COC(=O)c1nc(NC(=O)[C@H](C)Nc2ccc3c(cc2=O)[C@H](NC(C)=O)CCc2cc(OC)c(OC)c(OC)c2-3)sc1C. The fourth-order valence-corrected chi connectivity index (χ4v) is 5.88. The van der Waals surface area contributed by atoms with E-state index in [0.29, 0.717) is 46.1 Å². The van der Waals surface area contributed by atoms with Gasteiger partial charge in [0.15, 0.2) is 22.3 Å². The quantitative estimate of drug-likeness (QED) is 0.304. The summed E-state index contributed by atoms with van der Waals surface area (Å²) in [6.45, 7) is 4.73. The number of hydrogen-bond donors (Lipinski definition) is 3. The van der Waals surface area contributed by atoms with E-state index in [-0.39, 0.29) is 27.8 Å². The van der Waals surface area contributed by atoms with Gasteiger partial charge >= 0.3 is 5.97 Å². The maximum absolute atomic E-state index is 13.6. The maximum atomic E-state index is 13.6. The van der Waals surface area contributed by atoms with Crippen molar-refractivity contribution in [3.8, 4) is 28.4 Å². The van der Waals surface area contributed by atoms with Crippen LogP contribution in [0.1, 0.15) is 52.8 Å². The molecule has 3 N–H and O–H groups in total. The Hall–Kier alpha value is -4.65. The highest BCUT2D eigenvalue weighted by Gasteiger charge is 2.30. The molecule has 13 heteroatoms. The van der Waals surface area contributed by atoms with Gasteiger partial charge in [-0.1, -0.05) is 6.07 Å². The smallest absolute Gasteiger partial charge is 0.357 e. The third-order valence-electron chi connectivity index (χ3n) is 7.09. The normalized spacial score (nSPS) is 14.3. The molecule has 0 fully saturated rings. The van der Waals surface area contributed by atoms with Crippen molar-refractivity contribution < 1.29 is 33.3 Å². The van der Waals surface area contributed by atoms with E-state index in [1.54, 1.807) is 33.1 Å². The topological polar surface area (TPSA) is 154 Å². The summed E-state index contributed by atoms with van der Waals surface area (Å²) < 4.78 is 21.7. The van der Waals surface area contributed by atoms with E-state index in [4.69, 9.17) is 18.9 Å². The molecule has 0 bridgehead atoms. The van der Waals surface area contributed by atoms with Crippen LogP contribution in [-0.4, -0.2) is 57.2 Å². The van der Waals surface area contributed by atoms with Crippen molar-refractivity contribution >= 4 is 39.9 Å². The highest BCUT2D eigenvalue weighted by atomic mass is 32.1. The van der Waals surface area contributed by atoms with Crippen molar-refractivity contribution in [2.45, 2.75) is 45.7 Å². The van der Waals surface area contributed by atoms with Crippen molar-refractivity contribution in [3.63, 3.8) is 0 Å². The molecule has 2 atom stereocenters. The number of aromatic nitrogens is 1. The van der Waals surface area contributed by atoms with Crippen LogP contribution in [0.4, 0.5) is 10.8 Å². The lowest BCUT2D eigenvalue weighted by molar-refractivity contribution is -0.119. The van der Waals surface area contributed by atoms with Crippen molar-refractivity contribution in [1.29, 1.82) is 0 Å². The highest BCUT2D eigenvalue weighted by Crippen LogP contribution is 2.50. The first-order valence-corrected chi connectivity index (χ1v) is 14.2. The second-order valence-corrected chi connectivity index (χ2v) is 11.1. The molecule has 228 valence electrons. The standard InChI is InChI=1S/C30H34N4O8S/c1-14(28(37)34-30-33-25(15(2)43-30)29(38)42-7)31-21-11-9-18-19(13-22(21)36)20(32-16(3)35)10-8-17-12-23(39-4)26(40-5)27(41-6)24(17)18/h9,11-14,20H,8,10H2,1-7H3,(H,31,36)(H,32,35)(H,33,34,37)/t14-,20+/m0/s1. The van der Waals surface area contributed by atoms with Gasteiger partial charge in [-0.15, -0.1) is 11.3 Å². The summed E-state index contributed by atoms with van der Waals surface area (Å²) in [5.41, 5.74) is 2.80. The molecule has 1 aliphatic carbocycles. The third-order valence-corrected chi connectivity index (χ3v) is 7.97. The van der Waals surface area contributed by atoms with Crippen molar-refractivity contribution in [1.82, 2.24) is 10.3 Å². The van der Waals surface area contributed by atoms with Gasteiger partial charge in [0, 0.05) is 17.4 Å². The first kappa shape index (κ1) is 31.3. The van der Waals surface area contributed by atoms with Crippen LogP contribution in [0.15, 0.2) is 29.1 Å². The molecule has 4 rings (SSSR count). The number of aryl methyl sites for hydroxylation is 2. The Bertz CT molecular complexity index is 1640. The number of benzene rings is 1. The first-order chi connectivity index (χ1) is 20.5. The molecule has 0 radical (unpaired) electrons. The number of methoxy groups -OCH3 is 4. The Kier molecular flexibility index (Phi) is 9.54. The van der Waals surface area contributed by atoms with Crippen LogP contribution in [0.3, 0.4) is 0 Å². The molecule has 0 saturated carbocycles. The fraction of sp³-hybridized carbons (Fsp3) is 0.367. The Morgan fingerprint density at radius 2 is 1.77 bits per heavy atom. The van der Waals surface area contributed by atoms with Gasteiger partial charge in [0.25, 0.3) is 0 Å². The van der Waals surface area contributed by atoms with Crippen LogP contribution in [0.5, 0.6) is 17.2 Å². The number of ether oxygens (including phenoxy) is 4. The minimum atomic E-state index is -0.849. The zero-order chi connectivity index (χ0) is 31.4. The largest absolute Gasteiger partial charge is 0.493 e. The van der Waals surface area contributed by atoms with Gasteiger partial charge in [0.05, 0.1) is 40.2 Å². The van der Waals surface area contributed by atoms with E-state index in [1.165, 1.54) is 34.3 Å².